The van der Waals surface area contributed by atoms with Gasteiger partial charge in [-0.2, -0.15) is 12.6 Å². The van der Waals surface area contributed by atoms with Crippen molar-refractivity contribution in [3.8, 4) is 0 Å². The van der Waals surface area contributed by atoms with Crippen LogP contribution in [0.4, 0.5) is 0 Å². The molecule has 0 aromatic carbocycles. The van der Waals surface area contributed by atoms with Crippen LogP contribution in [0.5, 0.6) is 0 Å². The fourth-order valence-electron chi connectivity index (χ4n) is 2.26. The zero-order valence-electron chi connectivity index (χ0n) is 13.8. The molecule has 0 aliphatic heterocycles. The van der Waals surface area contributed by atoms with E-state index in [-0.39, 0.29) is 11.6 Å². The van der Waals surface area contributed by atoms with Gasteiger partial charge in [-0.05, 0) is 56.1 Å². The predicted octanol–water partition coefficient (Wildman–Crippen LogP) is 3.31. The highest BCUT2D eigenvalue weighted by Crippen LogP contribution is 2.14. The van der Waals surface area contributed by atoms with Crippen LogP contribution in [-0.4, -0.2) is 43.7 Å². The van der Waals surface area contributed by atoms with Crippen LogP contribution in [0.2, 0.25) is 0 Å². The van der Waals surface area contributed by atoms with Gasteiger partial charge < -0.3 is 9.47 Å². The Morgan fingerprint density at radius 1 is 0.783 bits per heavy atom. The number of unbranched alkanes of at least 4 members (excludes halogenated alkanes) is 4. The minimum Gasteiger partial charge on any atom is -0.379 e. The molecule has 5 heteroatoms. The minimum atomic E-state index is -0.0826. The normalized spacial score (nSPS) is 14.4. The Kier molecular flexibility index (Phi) is 11.8. The van der Waals surface area contributed by atoms with Gasteiger partial charge in [0.15, 0.2) is 11.6 Å². The first-order valence-electron chi connectivity index (χ1n) is 8.47. The molecule has 0 spiro atoms. The van der Waals surface area contributed by atoms with Gasteiger partial charge in [0.1, 0.15) is 0 Å². The molecule has 1 aliphatic rings. The summed E-state index contributed by atoms with van der Waals surface area (Å²) in [6.45, 7) is 2.85. The topological polar surface area (TPSA) is 52.6 Å². The van der Waals surface area contributed by atoms with Gasteiger partial charge in [0.2, 0.25) is 0 Å². The number of rotatable bonds is 14. The molecule has 130 valence electrons. The molecule has 0 heterocycles. The van der Waals surface area contributed by atoms with Crippen molar-refractivity contribution in [2.75, 3.05) is 32.2 Å². The molecule has 0 aromatic heterocycles. The quantitative estimate of drug-likeness (QED) is 0.299. The minimum absolute atomic E-state index is 0.0256. The van der Waals surface area contributed by atoms with Crippen molar-refractivity contribution in [1.82, 2.24) is 0 Å². The fourth-order valence-corrected chi connectivity index (χ4v) is 2.49. The van der Waals surface area contributed by atoms with E-state index in [0.717, 1.165) is 57.5 Å². The van der Waals surface area contributed by atoms with Crippen molar-refractivity contribution in [2.45, 2.75) is 44.9 Å². The number of carbonyl (C=O) groups is 2. The number of ketones is 2. The lowest BCUT2D eigenvalue weighted by Crippen LogP contribution is -2.07. The SMILES string of the molecule is O=C1C=CC(=O)C(CCCCCCOCCOCCCCS)=C1. The maximum absolute atomic E-state index is 11.5. The van der Waals surface area contributed by atoms with Crippen molar-refractivity contribution in [3.63, 3.8) is 0 Å². The van der Waals surface area contributed by atoms with Crippen molar-refractivity contribution in [1.29, 1.82) is 0 Å². The van der Waals surface area contributed by atoms with E-state index in [1.165, 1.54) is 18.2 Å². The van der Waals surface area contributed by atoms with Crippen LogP contribution in [0.25, 0.3) is 0 Å². The maximum atomic E-state index is 11.5. The molecule has 4 nitrogen and oxygen atoms in total. The Labute approximate surface area is 144 Å². The molecule has 0 aromatic rings. The lowest BCUT2D eigenvalue weighted by molar-refractivity contribution is -0.114. The number of ether oxygens (including phenoxy) is 2. The molecule has 0 N–H and O–H groups in total. The summed E-state index contributed by atoms with van der Waals surface area (Å²) in [6.07, 6.45) is 11.1. The molecule has 0 unspecified atom stereocenters. The van der Waals surface area contributed by atoms with Crippen LogP contribution in [0, 0.1) is 0 Å². The van der Waals surface area contributed by atoms with Crippen LogP contribution in [-0.2, 0) is 19.1 Å². The van der Waals surface area contributed by atoms with Gasteiger partial charge in [0, 0.05) is 18.8 Å². The molecule has 0 fully saturated rings. The summed E-state index contributed by atoms with van der Waals surface area (Å²) in [5, 5.41) is 0. The number of hydrogen-bond acceptors (Lipinski definition) is 5. The van der Waals surface area contributed by atoms with E-state index in [9.17, 15) is 9.59 Å². The molecule has 0 bridgehead atoms. The maximum Gasteiger partial charge on any atom is 0.182 e. The van der Waals surface area contributed by atoms with Gasteiger partial charge in [0.25, 0.3) is 0 Å². The Hall–Kier alpha value is -0.910. The standard InChI is InChI=1S/C18H28O4S/c19-17-8-9-18(20)16(15-17)7-3-1-2-4-10-21-12-13-22-11-5-6-14-23/h8-9,15,23H,1-7,10-14H2. The molecule has 0 saturated carbocycles. The molecule has 1 aliphatic carbocycles. The Morgan fingerprint density at radius 2 is 1.43 bits per heavy atom. The van der Waals surface area contributed by atoms with Gasteiger partial charge >= 0.3 is 0 Å². The molecule has 23 heavy (non-hydrogen) atoms. The van der Waals surface area contributed by atoms with Crippen LogP contribution in [0.3, 0.4) is 0 Å². The lowest BCUT2D eigenvalue weighted by Gasteiger charge is -2.07. The third-order valence-electron chi connectivity index (χ3n) is 3.59. The third-order valence-corrected chi connectivity index (χ3v) is 3.90. The summed E-state index contributed by atoms with van der Waals surface area (Å²) in [6, 6.07) is 0. The Balaban J connectivity index is 1.85. The van der Waals surface area contributed by atoms with Crippen molar-refractivity contribution >= 4 is 24.2 Å². The molecular weight excluding hydrogens is 312 g/mol. The second-order valence-corrected chi connectivity index (χ2v) is 6.04. The number of allylic oxidation sites excluding steroid dienone is 4. The first-order valence-corrected chi connectivity index (χ1v) is 9.10. The van der Waals surface area contributed by atoms with Gasteiger partial charge in [-0.15, -0.1) is 0 Å². The number of thiol groups is 1. The van der Waals surface area contributed by atoms with Crippen molar-refractivity contribution in [2.24, 2.45) is 0 Å². The zero-order chi connectivity index (χ0) is 16.8. The van der Waals surface area contributed by atoms with Crippen LogP contribution >= 0.6 is 12.6 Å². The largest absolute Gasteiger partial charge is 0.379 e. The van der Waals surface area contributed by atoms with Gasteiger partial charge in [-0.1, -0.05) is 12.8 Å². The highest BCUT2D eigenvalue weighted by Gasteiger charge is 2.12. The monoisotopic (exact) mass is 340 g/mol. The van der Waals surface area contributed by atoms with E-state index < -0.39 is 0 Å². The first kappa shape index (κ1) is 20.1. The van der Waals surface area contributed by atoms with Gasteiger partial charge in [0.05, 0.1) is 13.2 Å². The average molecular weight is 340 g/mol. The second kappa shape index (κ2) is 13.5. The van der Waals surface area contributed by atoms with E-state index in [4.69, 9.17) is 9.47 Å². The van der Waals surface area contributed by atoms with Crippen LogP contribution in [0.1, 0.15) is 44.9 Å². The molecule has 0 atom stereocenters. The summed E-state index contributed by atoms with van der Waals surface area (Å²) in [5.74, 6) is 0.807. The third kappa shape index (κ3) is 10.5. The van der Waals surface area contributed by atoms with E-state index in [0.29, 0.717) is 25.2 Å². The molecule has 0 amide bonds. The van der Waals surface area contributed by atoms with Crippen LogP contribution in [0.15, 0.2) is 23.8 Å². The van der Waals surface area contributed by atoms with E-state index >= 15 is 0 Å². The van der Waals surface area contributed by atoms with E-state index in [2.05, 4.69) is 12.6 Å². The molecule has 0 saturated heterocycles. The summed E-state index contributed by atoms with van der Waals surface area (Å²) < 4.78 is 10.9. The molecule has 1 rings (SSSR count). The Morgan fingerprint density at radius 3 is 2.13 bits per heavy atom. The van der Waals surface area contributed by atoms with E-state index in [1.807, 2.05) is 0 Å². The first-order chi connectivity index (χ1) is 11.2. The zero-order valence-corrected chi connectivity index (χ0v) is 14.7. The molecule has 0 radical (unpaired) electrons. The summed E-state index contributed by atoms with van der Waals surface area (Å²) in [5.41, 5.74) is 0.642. The predicted molar refractivity (Wildman–Crippen MR) is 95.0 cm³/mol. The number of carbonyl (C=O) groups excluding carboxylic acids is 2. The van der Waals surface area contributed by atoms with Crippen molar-refractivity contribution < 1.29 is 19.1 Å². The van der Waals surface area contributed by atoms with E-state index in [1.54, 1.807) is 0 Å². The Bertz CT molecular complexity index is 415. The van der Waals surface area contributed by atoms with Crippen molar-refractivity contribution in [3.05, 3.63) is 23.8 Å². The number of hydrogen-bond donors (Lipinski definition) is 1. The summed E-state index contributed by atoms with van der Waals surface area (Å²) >= 11 is 4.15. The summed E-state index contributed by atoms with van der Waals surface area (Å²) in [7, 11) is 0. The highest BCUT2D eigenvalue weighted by atomic mass is 32.1. The van der Waals surface area contributed by atoms with Gasteiger partial charge in [-0.25, -0.2) is 0 Å². The fraction of sp³-hybridized carbons (Fsp3) is 0.667. The highest BCUT2D eigenvalue weighted by molar-refractivity contribution is 7.80. The lowest BCUT2D eigenvalue weighted by atomic mass is 9.98. The van der Waals surface area contributed by atoms with Gasteiger partial charge in [-0.3, -0.25) is 9.59 Å². The smallest absolute Gasteiger partial charge is 0.182 e. The average Bonchev–Trinajstić information content (AvgIpc) is 2.55. The second-order valence-electron chi connectivity index (χ2n) is 5.59. The van der Waals surface area contributed by atoms with Crippen LogP contribution < -0.4 is 0 Å². The summed E-state index contributed by atoms with van der Waals surface area (Å²) in [4.78, 5) is 22.8. The molecular formula is C18H28O4S.